The van der Waals surface area contributed by atoms with Gasteiger partial charge in [0.25, 0.3) is 5.91 Å². The van der Waals surface area contributed by atoms with Crippen LogP contribution in [-0.2, 0) is 4.79 Å². The highest BCUT2D eigenvalue weighted by molar-refractivity contribution is 6.10. The third-order valence-corrected chi connectivity index (χ3v) is 7.29. The number of benzene rings is 2. The van der Waals surface area contributed by atoms with Crippen LogP contribution in [0.25, 0.3) is 0 Å². The second-order valence-electron chi connectivity index (χ2n) is 9.78. The van der Waals surface area contributed by atoms with Crippen molar-refractivity contribution >= 4 is 34.7 Å². The molecule has 0 spiro atoms. The van der Waals surface area contributed by atoms with Crippen molar-refractivity contribution in [3.63, 3.8) is 0 Å². The Hall–Kier alpha value is -4.47. The van der Waals surface area contributed by atoms with Crippen molar-refractivity contribution in [2.75, 3.05) is 15.1 Å². The van der Waals surface area contributed by atoms with Crippen LogP contribution >= 0.6 is 0 Å². The average Bonchev–Trinajstić information content (AvgIpc) is 2.92. The first kappa shape index (κ1) is 27.1. The van der Waals surface area contributed by atoms with Crippen molar-refractivity contribution in [1.29, 1.82) is 5.26 Å². The van der Waals surface area contributed by atoms with E-state index in [4.69, 9.17) is 0 Å². The van der Waals surface area contributed by atoms with Crippen LogP contribution in [0, 0.1) is 28.9 Å². The number of phenolic OH excluding ortho intramolecular Hbond substituents is 1. The molecule has 5 rings (SSSR count). The minimum Gasteiger partial charge on any atom is -0.503 e. The van der Waals surface area contributed by atoms with E-state index >= 15 is 0 Å². The molecule has 40 heavy (non-hydrogen) atoms. The standard InChI is InChI=1S/C27H23F5N6O2/c1-14-25(40)38(19-4-2-3-15(9-19)12-33)22-13-34-26(35-17-10-20(28)23(39)21(29)11-17)36-24(22)37(14)18-7-5-16(6-8-18)27(30,31)32/h2-4,9-11,13-14,16,18,39H,5-8H2,1H3,(H,34,35,36)/t14-,16-,18-/m1/s1. The Morgan fingerprint density at radius 3 is 2.40 bits per heavy atom. The first-order chi connectivity index (χ1) is 19.0. The maximum Gasteiger partial charge on any atom is 0.391 e. The zero-order chi connectivity index (χ0) is 28.8. The van der Waals surface area contributed by atoms with E-state index in [9.17, 15) is 37.1 Å². The molecule has 1 saturated carbocycles. The van der Waals surface area contributed by atoms with Gasteiger partial charge in [-0.25, -0.2) is 13.8 Å². The molecule has 1 fully saturated rings. The van der Waals surface area contributed by atoms with Gasteiger partial charge in [-0.1, -0.05) is 6.07 Å². The van der Waals surface area contributed by atoms with Crippen LogP contribution in [0.4, 0.5) is 50.8 Å². The summed E-state index contributed by atoms with van der Waals surface area (Å²) in [6.45, 7) is 1.63. The first-order valence-electron chi connectivity index (χ1n) is 12.5. The number of carbonyl (C=O) groups is 1. The number of nitriles is 1. The van der Waals surface area contributed by atoms with Gasteiger partial charge >= 0.3 is 6.18 Å². The normalized spacial score (nSPS) is 21.1. The molecule has 0 unspecified atom stereocenters. The van der Waals surface area contributed by atoms with Gasteiger partial charge in [-0.15, -0.1) is 0 Å². The van der Waals surface area contributed by atoms with E-state index in [1.54, 1.807) is 30.0 Å². The van der Waals surface area contributed by atoms with Crippen LogP contribution in [-0.4, -0.2) is 39.2 Å². The van der Waals surface area contributed by atoms with Crippen LogP contribution in [0.15, 0.2) is 42.6 Å². The highest BCUT2D eigenvalue weighted by Crippen LogP contribution is 2.45. The molecule has 1 amide bonds. The molecule has 1 aliphatic carbocycles. The second-order valence-corrected chi connectivity index (χ2v) is 9.78. The van der Waals surface area contributed by atoms with E-state index in [-0.39, 0.29) is 54.7 Å². The molecule has 13 heteroatoms. The summed E-state index contributed by atoms with van der Waals surface area (Å²) in [7, 11) is 0. The predicted octanol–water partition coefficient (Wildman–Crippen LogP) is 6.07. The molecule has 0 bridgehead atoms. The van der Waals surface area contributed by atoms with Crippen LogP contribution in [0.2, 0.25) is 0 Å². The lowest BCUT2D eigenvalue weighted by Gasteiger charge is -2.46. The van der Waals surface area contributed by atoms with Gasteiger partial charge < -0.3 is 15.3 Å². The fourth-order valence-corrected chi connectivity index (χ4v) is 5.30. The van der Waals surface area contributed by atoms with E-state index in [1.165, 1.54) is 17.2 Å². The van der Waals surface area contributed by atoms with Gasteiger partial charge in [-0.05, 0) is 50.8 Å². The molecule has 2 aliphatic rings. The lowest BCUT2D eigenvalue weighted by Crippen LogP contribution is -2.55. The summed E-state index contributed by atoms with van der Waals surface area (Å²) in [5.41, 5.74) is 0.834. The first-order valence-corrected chi connectivity index (χ1v) is 12.5. The lowest BCUT2D eigenvalue weighted by molar-refractivity contribution is -0.182. The Bertz CT molecular complexity index is 1480. The summed E-state index contributed by atoms with van der Waals surface area (Å²) in [6.07, 6.45) is -2.83. The van der Waals surface area contributed by atoms with Crippen molar-refractivity contribution in [1.82, 2.24) is 9.97 Å². The number of nitrogens with zero attached hydrogens (tertiary/aromatic N) is 5. The zero-order valence-corrected chi connectivity index (χ0v) is 21.1. The van der Waals surface area contributed by atoms with Gasteiger partial charge in [-0.3, -0.25) is 9.69 Å². The monoisotopic (exact) mass is 558 g/mol. The number of phenols is 1. The van der Waals surface area contributed by atoms with E-state index < -0.39 is 41.6 Å². The Labute approximate surface area is 225 Å². The Morgan fingerprint density at radius 2 is 1.77 bits per heavy atom. The lowest BCUT2D eigenvalue weighted by atomic mass is 9.84. The van der Waals surface area contributed by atoms with E-state index in [1.807, 2.05) is 6.07 Å². The topological polar surface area (TPSA) is 105 Å². The number of alkyl halides is 3. The molecule has 0 radical (unpaired) electrons. The number of carbonyl (C=O) groups excluding carboxylic acids is 1. The predicted molar refractivity (Wildman–Crippen MR) is 135 cm³/mol. The van der Waals surface area contributed by atoms with E-state index in [0.717, 1.165) is 12.1 Å². The fourth-order valence-electron chi connectivity index (χ4n) is 5.30. The molecule has 0 saturated heterocycles. The number of amides is 1. The molecule has 3 aromatic rings. The van der Waals surface area contributed by atoms with Crippen molar-refractivity contribution in [2.24, 2.45) is 5.92 Å². The van der Waals surface area contributed by atoms with Crippen molar-refractivity contribution in [3.8, 4) is 11.8 Å². The highest BCUT2D eigenvalue weighted by atomic mass is 19.4. The average molecular weight is 559 g/mol. The number of nitrogens with one attached hydrogen (secondary N) is 1. The molecule has 2 aromatic carbocycles. The van der Waals surface area contributed by atoms with Gasteiger partial charge in [-0.2, -0.15) is 23.4 Å². The van der Waals surface area contributed by atoms with Gasteiger partial charge in [0.2, 0.25) is 5.95 Å². The number of aromatic hydroxyl groups is 1. The van der Waals surface area contributed by atoms with Crippen molar-refractivity contribution < 1.29 is 31.9 Å². The van der Waals surface area contributed by atoms with Crippen molar-refractivity contribution in [2.45, 2.75) is 50.9 Å². The number of halogens is 5. The molecule has 208 valence electrons. The molecular weight excluding hydrogens is 535 g/mol. The third-order valence-electron chi connectivity index (χ3n) is 7.29. The number of fused-ring (bicyclic) bond motifs is 1. The Kier molecular flexibility index (Phi) is 6.95. The van der Waals surface area contributed by atoms with Gasteiger partial charge in [0.1, 0.15) is 11.7 Å². The number of hydrogen-bond acceptors (Lipinski definition) is 7. The fraction of sp³-hybridized carbons (Fsp3) is 0.333. The molecule has 2 heterocycles. The summed E-state index contributed by atoms with van der Waals surface area (Å²) in [5.74, 6) is -5.21. The Morgan fingerprint density at radius 1 is 1.10 bits per heavy atom. The van der Waals surface area contributed by atoms with Crippen LogP contribution in [0.3, 0.4) is 0 Å². The second kappa shape index (κ2) is 10.3. The molecule has 2 N–H and O–H groups in total. The van der Waals surface area contributed by atoms with Gasteiger partial charge in [0, 0.05) is 23.9 Å². The summed E-state index contributed by atoms with van der Waals surface area (Å²) >= 11 is 0. The minimum absolute atomic E-state index is 0.0931. The summed E-state index contributed by atoms with van der Waals surface area (Å²) < 4.78 is 67.8. The molecule has 8 nitrogen and oxygen atoms in total. The zero-order valence-electron chi connectivity index (χ0n) is 21.1. The summed E-state index contributed by atoms with van der Waals surface area (Å²) in [4.78, 5) is 25.5. The Balaban J connectivity index is 1.57. The van der Waals surface area contributed by atoms with Gasteiger partial charge in [0.15, 0.2) is 23.2 Å². The maximum absolute atomic E-state index is 13.9. The number of hydrogen-bond donors (Lipinski definition) is 2. The largest absolute Gasteiger partial charge is 0.503 e. The number of aromatic nitrogens is 2. The smallest absolute Gasteiger partial charge is 0.391 e. The van der Waals surface area contributed by atoms with Gasteiger partial charge in [0.05, 0.1) is 29.4 Å². The molecule has 1 aliphatic heterocycles. The van der Waals surface area contributed by atoms with Crippen LogP contribution in [0.5, 0.6) is 5.75 Å². The maximum atomic E-state index is 13.9. The minimum atomic E-state index is -4.30. The number of anilines is 5. The summed E-state index contributed by atoms with van der Waals surface area (Å²) in [6, 6.07) is 8.79. The quantitative estimate of drug-likeness (QED) is 0.296. The molecular formula is C27H23F5N6O2. The van der Waals surface area contributed by atoms with E-state index in [0.29, 0.717) is 11.3 Å². The molecule has 1 aromatic heterocycles. The van der Waals surface area contributed by atoms with Crippen LogP contribution < -0.4 is 15.1 Å². The van der Waals surface area contributed by atoms with Crippen molar-refractivity contribution in [3.05, 3.63) is 59.8 Å². The van der Waals surface area contributed by atoms with E-state index in [2.05, 4.69) is 15.3 Å². The summed E-state index contributed by atoms with van der Waals surface area (Å²) in [5, 5.41) is 21.4. The third kappa shape index (κ3) is 4.97. The SMILES string of the molecule is C[C@@H]1C(=O)N(c2cccc(C#N)c2)c2cnc(Nc3cc(F)c(O)c(F)c3)nc2N1[C@H]1CC[C@H](C(F)(F)F)CC1. The highest BCUT2D eigenvalue weighted by Gasteiger charge is 2.46. The number of rotatable bonds is 4. The molecule has 1 atom stereocenters. The van der Waals surface area contributed by atoms with Crippen LogP contribution in [0.1, 0.15) is 38.2 Å².